The molecule has 7 heteroatoms. The number of rotatable bonds is 3. The minimum atomic E-state index is -0.560. The van der Waals surface area contributed by atoms with Crippen molar-refractivity contribution >= 4 is 23.4 Å². The fourth-order valence-corrected chi connectivity index (χ4v) is 2.87. The second-order valence-corrected chi connectivity index (χ2v) is 5.70. The van der Waals surface area contributed by atoms with Gasteiger partial charge in [0.05, 0.1) is 23.5 Å². The van der Waals surface area contributed by atoms with E-state index in [1.807, 2.05) is 48.2 Å². The van der Waals surface area contributed by atoms with E-state index in [1.165, 1.54) is 10.8 Å². The van der Waals surface area contributed by atoms with Crippen LogP contribution in [0.2, 0.25) is 0 Å². The molecule has 130 valence electrons. The second kappa shape index (κ2) is 6.37. The van der Waals surface area contributed by atoms with Gasteiger partial charge in [0, 0.05) is 21.1 Å². The SMILES string of the molecule is CCOC(=O)c1[nH]n(C)c(=O)c1C=C=C1N(C)c2ccccc2N1C. The Hall–Kier alpha value is -3.18. The molecule has 0 saturated carbocycles. The normalized spacial score (nSPS) is 12.9. The summed E-state index contributed by atoms with van der Waals surface area (Å²) in [5.74, 6) is 0.217. The Balaban J connectivity index is 2.07. The molecular weight excluding hydrogens is 320 g/mol. The molecule has 1 aromatic heterocycles. The van der Waals surface area contributed by atoms with E-state index in [1.54, 1.807) is 14.0 Å². The van der Waals surface area contributed by atoms with Crippen LogP contribution in [-0.4, -0.2) is 36.5 Å². The van der Waals surface area contributed by atoms with Crippen molar-refractivity contribution < 1.29 is 9.53 Å². The number of ether oxygens (including phenoxy) is 1. The fraction of sp³-hybridized carbons (Fsp3) is 0.278. The number of fused-ring (bicyclic) bond motifs is 1. The third-order valence-corrected chi connectivity index (χ3v) is 4.15. The molecule has 1 N–H and O–H groups in total. The number of carbonyl (C=O) groups is 1. The molecule has 0 bridgehead atoms. The number of aromatic nitrogens is 2. The number of esters is 1. The first kappa shape index (κ1) is 16.7. The number of anilines is 2. The van der Waals surface area contributed by atoms with Crippen LogP contribution in [0.1, 0.15) is 23.0 Å². The molecule has 2 aromatic rings. The molecule has 0 atom stereocenters. The highest BCUT2D eigenvalue weighted by Crippen LogP contribution is 2.38. The van der Waals surface area contributed by atoms with Crippen LogP contribution in [0.3, 0.4) is 0 Å². The lowest BCUT2D eigenvalue weighted by molar-refractivity contribution is 0.0518. The van der Waals surface area contributed by atoms with Gasteiger partial charge in [-0.05, 0) is 25.1 Å². The van der Waals surface area contributed by atoms with Gasteiger partial charge in [0.1, 0.15) is 0 Å². The Morgan fingerprint density at radius 3 is 2.36 bits per heavy atom. The summed E-state index contributed by atoms with van der Waals surface area (Å²) in [6.45, 7) is 1.96. The van der Waals surface area contributed by atoms with Gasteiger partial charge in [-0.3, -0.25) is 14.6 Å². The van der Waals surface area contributed by atoms with Crippen molar-refractivity contribution in [3.63, 3.8) is 0 Å². The quantitative estimate of drug-likeness (QED) is 0.683. The second-order valence-electron chi connectivity index (χ2n) is 5.70. The number of nitrogens with zero attached hydrogens (tertiary/aromatic N) is 3. The topological polar surface area (TPSA) is 70.6 Å². The summed E-state index contributed by atoms with van der Waals surface area (Å²) in [5.41, 5.74) is 5.28. The van der Waals surface area contributed by atoms with Crippen LogP contribution in [0.15, 0.2) is 40.6 Å². The highest BCUT2D eigenvalue weighted by atomic mass is 16.5. The van der Waals surface area contributed by atoms with Crippen molar-refractivity contribution in [1.82, 2.24) is 9.78 Å². The van der Waals surface area contributed by atoms with E-state index in [0.717, 1.165) is 17.2 Å². The van der Waals surface area contributed by atoms with E-state index in [4.69, 9.17) is 4.74 Å². The molecule has 0 saturated heterocycles. The van der Waals surface area contributed by atoms with Gasteiger partial charge in [-0.1, -0.05) is 17.9 Å². The molecular formula is C18H20N4O3. The summed E-state index contributed by atoms with van der Waals surface area (Å²) in [6, 6.07) is 7.97. The maximum atomic E-state index is 12.3. The zero-order chi connectivity index (χ0) is 18.1. The van der Waals surface area contributed by atoms with Gasteiger partial charge in [0.25, 0.3) is 5.56 Å². The monoisotopic (exact) mass is 340 g/mol. The van der Waals surface area contributed by atoms with Gasteiger partial charge in [-0.25, -0.2) is 4.79 Å². The van der Waals surface area contributed by atoms with Crippen LogP contribution >= 0.6 is 0 Å². The Bertz CT molecular complexity index is 916. The predicted octanol–water partition coefficient (Wildman–Crippen LogP) is 1.93. The van der Waals surface area contributed by atoms with Crippen molar-refractivity contribution in [1.29, 1.82) is 0 Å². The first-order chi connectivity index (χ1) is 12.0. The van der Waals surface area contributed by atoms with Gasteiger partial charge >= 0.3 is 5.97 Å². The molecule has 25 heavy (non-hydrogen) atoms. The van der Waals surface area contributed by atoms with Gasteiger partial charge in [-0.15, -0.1) is 0 Å². The van der Waals surface area contributed by atoms with E-state index < -0.39 is 5.97 Å². The van der Waals surface area contributed by atoms with E-state index in [2.05, 4.69) is 10.8 Å². The van der Waals surface area contributed by atoms with Crippen molar-refractivity contribution in [2.45, 2.75) is 6.92 Å². The number of benzene rings is 1. The lowest BCUT2D eigenvalue weighted by Crippen LogP contribution is -2.21. The summed E-state index contributed by atoms with van der Waals surface area (Å²) < 4.78 is 6.26. The minimum Gasteiger partial charge on any atom is -0.461 e. The Kier molecular flexibility index (Phi) is 4.25. The molecule has 0 unspecified atom stereocenters. The number of aromatic amines is 1. The van der Waals surface area contributed by atoms with Crippen LogP contribution in [0.5, 0.6) is 0 Å². The predicted molar refractivity (Wildman–Crippen MR) is 96.7 cm³/mol. The Morgan fingerprint density at radius 2 is 1.80 bits per heavy atom. The smallest absolute Gasteiger partial charge is 0.357 e. The zero-order valence-corrected chi connectivity index (χ0v) is 14.7. The first-order valence-corrected chi connectivity index (χ1v) is 7.95. The lowest BCUT2D eigenvalue weighted by Gasteiger charge is -2.15. The molecule has 1 aliphatic rings. The largest absolute Gasteiger partial charge is 0.461 e. The van der Waals surface area contributed by atoms with E-state index >= 15 is 0 Å². The number of hydrogen-bond donors (Lipinski definition) is 1. The van der Waals surface area contributed by atoms with Crippen LogP contribution in [0, 0.1) is 0 Å². The van der Waals surface area contributed by atoms with E-state index in [0.29, 0.717) is 0 Å². The molecule has 0 aliphatic carbocycles. The summed E-state index contributed by atoms with van der Waals surface area (Å²) in [4.78, 5) is 28.3. The summed E-state index contributed by atoms with van der Waals surface area (Å²) in [7, 11) is 5.42. The standard InChI is InChI=1S/C18H20N4O3/c1-5-25-18(24)16-12(17(23)22(4)19-16)10-11-15-20(2)13-8-6-7-9-14(13)21(15)3/h6-10,19H,5H2,1-4H3. The van der Waals surface area contributed by atoms with E-state index in [-0.39, 0.29) is 23.4 Å². The number of nitrogens with one attached hydrogen (secondary N) is 1. The van der Waals surface area contributed by atoms with E-state index in [9.17, 15) is 9.59 Å². The van der Waals surface area contributed by atoms with Gasteiger partial charge in [-0.2, -0.15) is 0 Å². The third kappa shape index (κ3) is 2.75. The maximum absolute atomic E-state index is 12.3. The average molecular weight is 340 g/mol. The maximum Gasteiger partial charge on any atom is 0.357 e. The number of H-pyrrole nitrogens is 1. The van der Waals surface area contributed by atoms with Crippen LogP contribution in [0.4, 0.5) is 11.4 Å². The third-order valence-electron chi connectivity index (χ3n) is 4.15. The van der Waals surface area contributed by atoms with Gasteiger partial charge in [0.2, 0.25) is 0 Å². The zero-order valence-electron chi connectivity index (χ0n) is 14.7. The molecule has 1 aliphatic heterocycles. The molecule has 3 rings (SSSR count). The Morgan fingerprint density at radius 1 is 1.20 bits per heavy atom. The molecule has 0 spiro atoms. The van der Waals surface area contributed by atoms with Crippen molar-refractivity contribution in [2.75, 3.05) is 30.5 Å². The summed E-state index contributed by atoms with van der Waals surface area (Å²) in [6.07, 6.45) is 1.53. The van der Waals surface area contributed by atoms with Crippen LogP contribution < -0.4 is 15.4 Å². The molecule has 1 aromatic carbocycles. The number of carbonyl (C=O) groups excluding carboxylic acids is 1. The molecule has 0 radical (unpaired) electrons. The fourth-order valence-electron chi connectivity index (χ4n) is 2.87. The van der Waals surface area contributed by atoms with Crippen LogP contribution in [0.25, 0.3) is 6.08 Å². The summed E-state index contributed by atoms with van der Waals surface area (Å²) >= 11 is 0. The average Bonchev–Trinajstić information content (AvgIpc) is 3.02. The van der Waals surface area contributed by atoms with Crippen molar-refractivity contribution in [3.05, 3.63) is 57.4 Å². The van der Waals surface area contributed by atoms with Crippen molar-refractivity contribution in [2.24, 2.45) is 7.05 Å². The molecule has 7 nitrogen and oxygen atoms in total. The highest BCUT2D eigenvalue weighted by Gasteiger charge is 2.25. The number of hydrogen-bond acceptors (Lipinski definition) is 5. The van der Waals surface area contributed by atoms with Crippen molar-refractivity contribution in [3.8, 4) is 0 Å². The first-order valence-electron chi connectivity index (χ1n) is 7.95. The minimum absolute atomic E-state index is 0.128. The highest BCUT2D eigenvalue weighted by molar-refractivity contribution is 5.91. The summed E-state index contributed by atoms with van der Waals surface area (Å²) in [5, 5.41) is 2.73. The molecule has 0 fully saturated rings. The number of aryl methyl sites for hydroxylation is 1. The van der Waals surface area contributed by atoms with Gasteiger partial charge < -0.3 is 14.5 Å². The molecule has 2 heterocycles. The lowest BCUT2D eigenvalue weighted by atomic mass is 10.2. The molecule has 0 amide bonds. The van der Waals surface area contributed by atoms with Gasteiger partial charge in [0.15, 0.2) is 11.5 Å². The number of para-hydroxylation sites is 2. The van der Waals surface area contributed by atoms with Crippen LogP contribution in [-0.2, 0) is 11.8 Å². The Labute approximate surface area is 145 Å².